The molecule has 0 radical (unpaired) electrons. The molecule has 0 aromatic heterocycles. The third kappa shape index (κ3) is 8.76. The lowest BCUT2D eigenvalue weighted by atomic mass is 10.0. The van der Waals surface area contributed by atoms with Crippen LogP contribution < -0.4 is 5.32 Å². The molecule has 1 heterocycles. The molecule has 1 saturated heterocycles. The second-order valence-electron chi connectivity index (χ2n) is 11.4. The molecule has 0 bridgehead atoms. The second-order valence-corrected chi connectivity index (χ2v) is 14.2. The highest BCUT2D eigenvalue weighted by atomic mass is 35.5. The zero-order valence-corrected chi connectivity index (χ0v) is 27.8. The van der Waals surface area contributed by atoms with Gasteiger partial charge in [0, 0.05) is 49.1 Å². The Kier molecular flexibility index (Phi) is 11.5. The fourth-order valence-corrected chi connectivity index (χ4v) is 7.43. The summed E-state index contributed by atoms with van der Waals surface area (Å²) in [6, 6.07) is 30.1. The van der Waals surface area contributed by atoms with E-state index in [2.05, 4.69) is 5.32 Å². The summed E-state index contributed by atoms with van der Waals surface area (Å²) in [7, 11) is -3.52. The summed E-state index contributed by atoms with van der Waals surface area (Å²) >= 11 is 12.5. The summed E-state index contributed by atoms with van der Waals surface area (Å²) in [6.45, 7) is 1.51. The van der Waals surface area contributed by atoms with E-state index in [1.54, 1.807) is 47.4 Å². The lowest BCUT2D eigenvalue weighted by Gasteiger charge is -2.32. The molecule has 1 unspecified atom stereocenters. The molecule has 240 valence electrons. The number of carbonyl (C=O) groups excluding carboxylic acids is 2. The topological polar surface area (TPSA) is 86.8 Å². The molecule has 46 heavy (non-hydrogen) atoms. The van der Waals surface area contributed by atoms with Gasteiger partial charge in [0.15, 0.2) is 0 Å². The Bertz CT molecular complexity index is 1730. The van der Waals surface area contributed by atoms with Crippen molar-refractivity contribution >= 4 is 45.0 Å². The lowest BCUT2D eigenvalue weighted by Crippen LogP contribution is -2.50. The van der Waals surface area contributed by atoms with Gasteiger partial charge in [0.2, 0.25) is 21.8 Å². The Hall–Kier alpha value is -3.69. The maximum Gasteiger partial charge on any atom is 0.243 e. The Morgan fingerprint density at radius 2 is 1.41 bits per heavy atom. The molecule has 1 atom stereocenters. The molecule has 0 aliphatic carbocycles. The molecule has 0 spiro atoms. The molecular formula is C36H37Cl2N3O4S. The predicted molar refractivity (Wildman–Crippen MR) is 182 cm³/mol. The molecule has 0 saturated carbocycles. The third-order valence-corrected chi connectivity index (χ3v) is 10.7. The maximum absolute atomic E-state index is 14.0. The van der Waals surface area contributed by atoms with Crippen LogP contribution in [0.15, 0.2) is 108 Å². The van der Waals surface area contributed by atoms with E-state index in [0.717, 1.165) is 35.1 Å². The predicted octanol–water partition coefficient (Wildman–Crippen LogP) is 6.67. The van der Waals surface area contributed by atoms with Crippen molar-refractivity contribution in [2.75, 3.05) is 13.1 Å². The highest BCUT2D eigenvalue weighted by Gasteiger charge is 2.31. The van der Waals surface area contributed by atoms with Gasteiger partial charge in [-0.05, 0) is 71.8 Å². The Labute approximate surface area is 281 Å². The van der Waals surface area contributed by atoms with Crippen LogP contribution in [0.5, 0.6) is 0 Å². The van der Waals surface area contributed by atoms with E-state index in [4.69, 9.17) is 23.2 Å². The molecule has 7 nitrogen and oxygen atoms in total. The SMILES string of the molecule is O=C(NCc1ccccc1Cl)C(Cc1ccccc1)N(Cc1ccc(Cl)cc1)C(=O)CCc1ccc(S(=O)(=O)N2CCCC2)cc1. The zero-order valence-electron chi connectivity index (χ0n) is 25.4. The summed E-state index contributed by atoms with van der Waals surface area (Å²) in [6.07, 6.45) is 2.58. The Morgan fingerprint density at radius 3 is 2.09 bits per heavy atom. The average Bonchev–Trinajstić information content (AvgIpc) is 3.63. The van der Waals surface area contributed by atoms with Crippen molar-refractivity contribution in [3.63, 3.8) is 0 Å². The number of sulfonamides is 1. The Morgan fingerprint density at radius 1 is 0.783 bits per heavy atom. The van der Waals surface area contributed by atoms with E-state index < -0.39 is 16.1 Å². The summed E-state index contributed by atoms with van der Waals surface area (Å²) in [5.74, 6) is -0.486. The van der Waals surface area contributed by atoms with Crippen LogP contribution in [0.25, 0.3) is 0 Å². The van der Waals surface area contributed by atoms with Crippen molar-refractivity contribution in [2.45, 2.75) is 56.1 Å². The average molecular weight is 679 g/mol. The summed E-state index contributed by atoms with van der Waals surface area (Å²) in [5.41, 5.74) is 3.37. The molecule has 1 N–H and O–H groups in total. The first-order valence-electron chi connectivity index (χ1n) is 15.4. The van der Waals surface area contributed by atoms with E-state index in [1.165, 1.54) is 4.31 Å². The molecule has 4 aromatic carbocycles. The zero-order chi connectivity index (χ0) is 32.5. The fraction of sp³-hybridized carbons (Fsp3) is 0.278. The standard InChI is InChI=1S/C36H37Cl2N3O4S/c37-31-17-12-29(13-18-31)26-41(35(42)21-16-27-14-19-32(20-15-27)46(44,45)40-22-6-7-23-40)34(24-28-8-2-1-3-9-28)36(43)39-25-30-10-4-5-11-33(30)38/h1-5,8-15,17-20,34H,6-7,16,21-26H2,(H,39,43). The van der Waals surface area contributed by atoms with Gasteiger partial charge in [0.1, 0.15) is 6.04 Å². The largest absolute Gasteiger partial charge is 0.350 e. The summed E-state index contributed by atoms with van der Waals surface area (Å²) in [4.78, 5) is 29.8. The van der Waals surface area contributed by atoms with Gasteiger partial charge in [0.05, 0.1) is 4.90 Å². The molecular weight excluding hydrogens is 641 g/mol. The number of rotatable bonds is 13. The van der Waals surface area contributed by atoms with Crippen molar-refractivity contribution in [1.29, 1.82) is 0 Å². The summed E-state index contributed by atoms with van der Waals surface area (Å²) in [5, 5.41) is 4.14. The molecule has 4 aromatic rings. The summed E-state index contributed by atoms with van der Waals surface area (Å²) < 4.78 is 27.4. The van der Waals surface area contributed by atoms with Crippen molar-refractivity contribution in [3.05, 3.63) is 135 Å². The van der Waals surface area contributed by atoms with Crippen LogP contribution in [0.2, 0.25) is 10.0 Å². The highest BCUT2D eigenvalue weighted by molar-refractivity contribution is 7.89. The first-order valence-corrected chi connectivity index (χ1v) is 17.6. The third-order valence-electron chi connectivity index (χ3n) is 8.20. The van der Waals surface area contributed by atoms with E-state index in [-0.39, 0.29) is 36.2 Å². The van der Waals surface area contributed by atoms with Crippen LogP contribution in [-0.4, -0.2) is 48.6 Å². The van der Waals surface area contributed by atoms with Gasteiger partial charge in [-0.15, -0.1) is 0 Å². The van der Waals surface area contributed by atoms with Gasteiger partial charge in [-0.2, -0.15) is 4.31 Å². The number of benzene rings is 4. The van der Waals surface area contributed by atoms with Gasteiger partial charge in [-0.1, -0.05) is 96.0 Å². The normalized spacial score (nSPS) is 14.1. The minimum absolute atomic E-state index is 0.134. The Balaban J connectivity index is 1.37. The van der Waals surface area contributed by atoms with Crippen molar-refractivity contribution in [1.82, 2.24) is 14.5 Å². The van der Waals surface area contributed by atoms with E-state index >= 15 is 0 Å². The van der Waals surface area contributed by atoms with Gasteiger partial charge >= 0.3 is 0 Å². The molecule has 1 aliphatic rings. The first-order chi connectivity index (χ1) is 22.2. The molecule has 2 amide bonds. The van der Waals surface area contributed by atoms with E-state index in [9.17, 15) is 18.0 Å². The smallest absolute Gasteiger partial charge is 0.243 e. The number of halogens is 2. The quantitative estimate of drug-likeness (QED) is 0.171. The van der Waals surface area contributed by atoms with Crippen molar-refractivity contribution in [3.8, 4) is 0 Å². The molecule has 5 rings (SSSR count). The van der Waals surface area contributed by atoms with E-state index in [1.807, 2.05) is 60.7 Å². The highest BCUT2D eigenvalue weighted by Crippen LogP contribution is 2.23. The van der Waals surface area contributed by atoms with Crippen molar-refractivity contribution < 1.29 is 18.0 Å². The lowest BCUT2D eigenvalue weighted by molar-refractivity contribution is -0.141. The van der Waals surface area contributed by atoms with Gasteiger partial charge in [-0.25, -0.2) is 8.42 Å². The van der Waals surface area contributed by atoms with Crippen LogP contribution >= 0.6 is 23.2 Å². The number of nitrogens with zero attached hydrogens (tertiary/aromatic N) is 2. The van der Waals surface area contributed by atoms with Gasteiger partial charge < -0.3 is 10.2 Å². The fourth-order valence-electron chi connectivity index (χ4n) is 5.58. The van der Waals surface area contributed by atoms with Gasteiger partial charge in [-0.3, -0.25) is 9.59 Å². The molecule has 1 aliphatic heterocycles. The minimum Gasteiger partial charge on any atom is -0.350 e. The minimum atomic E-state index is -3.52. The van der Waals surface area contributed by atoms with E-state index in [0.29, 0.717) is 36.0 Å². The number of nitrogens with one attached hydrogen (secondary N) is 1. The van der Waals surface area contributed by atoms with Crippen LogP contribution in [0.1, 0.15) is 41.5 Å². The molecule has 1 fully saturated rings. The van der Waals surface area contributed by atoms with Gasteiger partial charge in [0.25, 0.3) is 0 Å². The van der Waals surface area contributed by atoms with Crippen molar-refractivity contribution in [2.24, 2.45) is 0 Å². The van der Waals surface area contributed by atoms with Crippen LogP contribution in [0, 0.1) is 0 Å². The first kappa shape index (κ1) is 33.7. The monoisotopic (exact) mass is 677 g/mol. The second kappa shape index (κ2) is 15.7. The number of hydrogen-bond acceptors (Lipinski definition) is 4. The van der Waals surface area contributed by atoms with Crippen LogP contribution in [-0.2, 0) is 45.5 Å². The maximum atomic E-state index is 14.0. The number of hydrogen-bond donors (Lipinski definition) is 1. The number of aryl methyl sites for hydroxylation is 1. The number of carbonyl (C=O) groups is 2. The number of amides is 2. The van der Waals surface area contributed by atoms with Crippen LogP contribution in [0.3, 0.4) is 0 Å². The molecule has 10 heteroatoms. The van der Waals surface area contributed by atoms with Crippen LogP contribution in [0.4, 0.5) is 0 Å².